The highest BCUT2D eigenvalue weighted by Gasteiger charge is 2.07. The van der Waals surface area contributed by atoms with Crippen LogP contribution >= 0.6 is 23.2 Å². The van der Waals surface area contributed by atoms with Gasteiger partial charge < -0.3 is 5.11 Å². The Labute approximate surface area is 95.3 Å². The van der Waals surface area contributed by atoms with E-state index in [1.165, 1.54) is 12.3 Å². The maximum absolute atomic E-state index is 10.7. The van der Waals surface area contributed by atoms with E-state index in [1.807, 2.05) is 0 Å². The zero-order valence-corrected chi connectivity index (χ0v) is 8.88. The maximum atomic E-state index is 10.7. The first-order valence-corrected chi connectivity index (χ1v) is 4.81. The highest BCUT2D eigenvalue weighted by molar-refractivity contribution is 6.38. The van der Waals surface area contributed by atoms with Gasteiger partial charge in [-0.25, -0.2) is 9.78 Å². The minimum absolute atomic E-state index is 0.0270. The topological polar surface area (TPSA) is 50.2 Å². The number of aromatic nitrogens is 1. The van der Waals surface area contributed by atoms with E-state index in [0.29, 0.717) is 20.8 Å². The molecule has 1 aromatic heterocycles. The first-order valence-electron chi connectivity index (χ1n) is 4.06. The van der Waals surface area contributed by atoms with E-state index in [-0.39, 0.29) is 5.69 Å². The molecule has 1 N–H and O–H groups in total. The molecule has 5 heteroatoms. The van der Waals surface area contributed by atoms with Gasteiger partial charge in [-0.15, -0.1) is 0 Å². The van der Waals surface area contributed by atoms with Crippen LogP contribution in [0.3, 0.4) is 0 Å². The van der Waals surface area contributed by atoms with Crippen LogP contribution < -0.4 is 0 Å². The van der Waals surface area contributed by atoms with E-state index in [4.69, 9.17) is 28.3 Å². The molecule has 15 heavy (non-hydrogen) atoms. The number of fused-ring (bicyclic) bond motifs is 1. The summed E-state index contributed by atoms with van der Waals surface area (Å²) in [6.45, 7) is 0. The van der Waals surface area contributed by atoms with Crippen molar-refractivity contribution in [3.05, 3.63) is 40.1 Å². The quantitative estimate of drug-likeness (QED) is 0.834. The fraction of sp³-hybridized carbons (Fsp3) is 0. The molecular formula is C10H5Cl2NO2. The Kier molecular flexibility index (Phi) is 2.50. The summed E-state index contributed by atoms with van der Waals surface area (Å²) in [6.07, 6.45) is 1.43. The SMILES string of the molecule is O=C(O)c1cc2cc(Cl)cc(Cl)c2cn1. The van der Waals surface area contributed by atoms with Crippen molar-refractivity contribution in [1.29, 1.82) is 0 Å². The fourth-order valence-electron chi connectivity index (χ4n) is 1.30. The largest absolute Gasteiger partial charge is 0.477 e. The first kappa shape index (κ1) is 10.2. The molecule has 0 aliphatic rings. The summed E-state index contributed by atoms with van der Waals surface area (Å²) < 4.78 is 0. The van der Waals surface area contributed by atoms with Gasteiger partial charge >= 0.3 is 5.97 Å². The zero-order valence-electron chi connectivity index (χ0n) is 7.37. The number of carboxylic acids is 1. The van der Waals surface area contributed by atoms with Gasteiger partial charge in [-0.05, 0) is 23.6 Å². The highest BCUT2D eigenvalue weighted by Crippen LogP contribution is 2.27. The van der Waals surface area contributed by atoms with E-state index >= 15 is 0 Å². The Bertz CT molecular complexity index is 554. The number of rotatable bonds is 1. The molecule has 2 aromatic rings. The Hall–Kier alpha value is -1.32. The minimum atomic E-state index is -1.08. The van der Waals surface area contributed by atoms with Gasteiger partial charge in [-0.1, -0.05) is 23.2 Å². The molecule has 2 rings (SSSR count). The number of benzene rings is 1. The second kappa shape index (κ2) is 3.68. The molecule has 0 radical (unpaired) electrons. The molecule has 0 bridgehead atoms. The highest BCUT2D eigenvalue weighted by atomic mass is 35.5. The molecule has 0 unspecified atom stereocenters. The van der Waals surface area contributed by atoms with Crippen molar-refractivity contribution in [2.24, 2.45) is 0 Å². The van der Waals surface area contributed by atoms with Gasteiger partial charge in [0, 0.05) is 16.6 Å². The third kappa shape index (κ3) is 1.89. The Morgan fingerprint density at radius 3 is 2.67 bits per heavy atom. The Balaban J connectivity index is 2.76. The van der Waals surface area contributed by atoms with Gasteiger partial charge in [-0.3, -0.25) is 0 Å². The molecule has 76 valence electrons. The lowest BCUT2D eigenvalue weighted by molar-refractivity contribution is 0.0691. The lowest BCUT2D eigenvalue weighted by atomic mass is 10.1. The zero-order chi connectivity index (χ0) is 11.0. The first-order chi connectivity index (χ1) is 7.08. The van der Waals surface area contributed by atoms with Crippen molar-refractivity contribution >= 4 is 39.9 Å². The third-order valence-electron chi connectivity index (χ3n) is 1.97. The molecule has 0 amide bonds. The second-order valence-corrected chi connectivity index (χ2v) is 3.83. The van der Waals surface area contributed by atoms with Crippen LogP contribution in [0.1, 0.15) is 10.5 Å². The number of carboxylic acid groups (broad SMARTS) is 1. The summed E-state index contributed by atoms with van der Waals surface area (Å²) in [5, 5.41) is 11.0. The molecule has 0 aliphatic heterocycles. The average Bonchev–Trinajstić information content (AvgIpc) is 2.16. The summed E-state index contributed by atoms with van der Waals surface area (Å²) in [5.41, 5.74) is -0.0270. The molecular weight excluding hydrogens is 237 g/mol. The third-order valence-corrected chi connectivity index (χ3v) is 2.50. The van der Waals surface area contributed by atoms with Crippen LogP contribution in [-0.4, -0.2) is 16.1 Å². The standard InChI is InChI=1S/C10H5Cl2NO2/c11-6-1-5-2-9(10(14)15)13-4-7(5)8(12)3-6/h1-4H,(H,14,15). The van der Waals surface area contributed by atoms with Crippen LogP contribution in [-0.2, 0) is 0 Å². The van der Waals surface area contributed by atoms with E-state index in [9.17, 15) is 4.79 Å². The number of hydrogen-bond donors (Lipinski definition) is 1. The molecule has 0 saturated heterocycles. The molecule has 0 spiro atoms. The summed E-state index contributed by atoms with van der Waals surface area (Å²) >= 11 is 11.7. The Morgan fingerprint density at radius 2 is 2.00 bits per heavy atom. The summed E-state index contributed by atoms with van der Waals surface area (Å²) in [5.74, 6) is -1.08. The normalized spacial score (nSPS) is 10.5. The summed E-state index contributed by atoms with van der Waals surface area (Å²) in [6, 6.07) is 4.68. The van der Waals surface area contributed by atoms with Gasteiger partial charge in [0.2, 0.25) is 0 Å². The lowest BCUT2D eigenvalue weighted by Crippen LogP contribution is -1.99. The lowest BCUT2D eigenvalue weighted by Gasteiger charge is -2.02. The monoisotopic (exact) mass is 241 g/mol. The molecule has 1 aromatic carbocycles. The van der Waals surface area contributed by atoms with Gasteiger partial charge in [0.05, 0.1) is 5.02 Å². The average molecular weight is 242 g/mol. The van der Waals surface area contributed by atoms with Crippen molar-refractivity contribution in [3.63, 3.8) is 0 Å². The second-order valence-electron chi connectivity index (χ2n) is 2.98. The van der Waals surface area contributed by atoms with Crippen molar-refractivity contribution in [2.45, 2.75) is 0 Å². The molecule has 1 heterocycles. The number of nitrogens with zero attached hydrogens (tertiary/aromatic N) is 1. The van der Waals surface area contributed by atoms with Crippen LogP contribution in [0.25, 0.3) is 10.8 Å². The number of pyridine rings is 1. The molecule has 0 fully saturated rings. The predicted octanol–water partition coefficient (Wildman–Crippen LogP) is 3.24. The maximum Gasteiger partial charge on any atom is 0.354 e. The number of aromatic carboxylic acids is 1. The van der Waals surface area contributed by atoms with E-state index < -0.39 is 5.97 Å². The Morgan fingerprint density at radius 1 is 1.27 bits per heavy atom. The van der Waals surface area contributed by atoms with Crippen LogP contribution in [0.15, 0.2) is 24.4 Å². The molecule has 0 aliphatic carbocycles. The number of hydrogen-bond acceptors (Lipinski definition) is 2. The van der Waals surface area contributed by atoms with Crippen molar-refractivity contribution in [3.8, 4) is 0 Å². The van der Waals surface area contributed by atoms with Crippen LogP contribution in [0, 0.1) is 0 Å². The summed E-state index contributed by atoms with van der Waals surface area (Å²) in [7, 11) is 0. The number of carbonyl (C=O) groups is 1. The van der Waals surface area contributed by atoms with Crippen LogP contribution in [0.4, 0.5) is 0 Å². The molecule has 3 nitrogen and oxygen atoms in total. The smallest absolute Gasteiger partial charge is 0.354 e. The number of halogens is 2. The van der Waals surface area contributed by atoms with E-state index in [0.717, 1.165) is 0 Å². The van der Waals surface area contributed by atoms with Crippen LogP contribution in [0.2, 0.25) is 10.0 Å². The molecule has 0 saturated carbocycles. The van der Waals surface area contributed by atoms with Crippen LogP contribution in [0.5, 0.6) is 0 Å². The van der Waals surface area contributed by atoms with Gasteiger partial charge in [-0.2, -0.15) is 0 Å². The van der Waals surface area contributed by atoms with Crippen molar-refractivity contribution in [2.75, 3.05) is 0 Å². The minimum Gasteiger partial charge on any atom is -0.477 e. The summed E-state index contributed by atoms with van der Waals surface area (Å²) in [4.78, 5) is 14.5. The fourth-order valence-corrected chi connectivity index (χ4v) is 1.85. The van der Waals surface area contributed by atoms with E-state index in [1.54, 1.807) is 12.1 Å². The predicted molar refractivity (Wildman–Crippen MR) is 58.7 cm³/mol. The van der Waals surface area contributed by atoms with Gasteiger partial charge in [0.25, 0.3) is 0 Å². The van der Waals surface area contributed by atoms with Crippen molar-refractivity contribution < 1.29 is 9.90 Å². The van der Waals surface area contributed by atoms with Crippen molar-refractivity contribution in [1.82, 2.24) is 4.98 Å². The van der Waals surface area contributed by atoms with E-state index in [2.05, 4.69) is 4.98 Å². The van der Waals surface area contributed by atoms with Gasteiger partial charge in [0.15, 0.2) is 0 Å². The van der Waals surface area contributed by atoms with Gasteiger partial charge in [0.1, 0.15) is 5.69 Å². The molecule has 0 atom stereocenters.